The summed E-state index contributed by atoms with van der Waals surface area (Å²) in [6.45, 7) is 1.78. The van der Waals surface area contributed by atoms with Crippen molar-refractivity contribution >= 4 is 16.7 Å². The fraction of sp³-hybridized carbons (Fsp3) is 0.0909. The second-order valence-corrected chi connectivity index (χ2v) is 6.49. The molecule has 2 heterocycles. The Morgan fingerprint density at radius 3 is 2.54 bits per heavy atom. The Bertz CT molecular complexity index is 1140. The van der Waals surface area contributed by atoms with E-state index in [9.17, 15) is 13.2 Å². The number of pyridine rings is 2. The van der Waals surface area contributed by atoms with Crippen LogP contribution in [0, 0.1) is 24.4 Å². The van der Waals surface area contributed by atoms with Gasteiger partial charge in [0.25, 0.3) is 0 Å². The lowest BCUT2D eigenvalue weighted by Crippen LogP contribution is -2.17. The van der Waals surface area contributed by atoms with Crippen molar-refractivity contribution in [3.05, 3.63) is 101 Å². The van der Waals surface area contributed by atoms with Gasteiger partial charge in [0.1, 0.15) is 11.6 Å². The molecule has 3 nitrogen and oxygen atoms in total. The smallest absolute Gasteiger partial charge is 0.168 e. The highest BCUT2D eigenvalue weighted by atomic mass is 19.1. The molecule has 0 bridgehead atoms. The molecule has 1 atom stereocenters. The molecule has 0 aliphatic heterocycles. The van der Waals surface area contributed by atoms with E-state index in [1.807, 2.05) is 30.3 Å². The Morgan fingerprint density at radius 2 is 1.75 bits per heavy atom. The first-order valence-electron chi connectivity index (χ1n) is 8.70. The van der Waals surface area contributed by atoms with Crippen LogP contribution < -0.4 is 5.32 Å². The fourth-order valence-corrected chi connectivity index (χ4v) is 3.25. The van der Waals surface area contributed by atoms with Gasteiger partial charge in [0.05, 0.1) is 17.8 Å². The van der Waals surface area contributed by atoms with Crippen LogP contribution in [0.1, 0.15) is 22.7 Å². The second kappa shape index (κ2) is 7.31. The van der Waals surface area contributed by atoms with Gasteiger partial charge in [-0.3, -0.25) is 4.98 Å². The third-order valence-corrected chi connectivity index (χ3v) is 4.61. The summed E-state index contributed by atoms with van der Waals surface area (Å²) in [5.41, 5.74) is 2.47. The minimum Gasteiger partial charge on any atom is -0.357 e. The highest BCUT2D eigenvalue weighted by Gasteiger charge is 2.22. The third-order valence-electron chi connectivity index (χ3n) is 4.61. The normalized spacial score (nSPS) is 12.1. The number of halogens is 3. The number of rotatable bonds is 4. The molecular formula is C22H16F3N3. The maximum absolute atomic E-state index is 14.7. The number of hydrogen-bond donors (Lipinski definition) is 1. The molecule has 4 aromatic rings. The maximum atomic E-state index is 14.7. The molecule has 0 fully saturated rings. The minimum absolute atomic E-state index is 0.157. The monoisotopic (exact) mass is 379 g/mol. The number of nitrogens with one attached hydrogen (secondary N) is 1. The van der Waals surface area contributed by atoms with Crippen molar-refractivity contribution in [3.63, 3.8) is 0 Å². The number of aromatic nitrogens is 2. The van der Waals surface area contributed by atoms with Gasteiger partial charge in [-0.2, -0.15) is 0 Å². The molecule has 2 aromatic heterocycles. The Hall–Kier alpha value is -3.41. The van der Waals surface area contributed by atoms with Crippen molar-refractivity contribution in [1.82, 2.24) is 9.97 Å². The van der Waals surface area contributed by atoms with Crippen LogP contribution in [0.5, 0.6) is 0 Å². The van der Waals surface area contributed by atoms with E-state index in [1.165, 1.54) is 6.07 Å². The van der Waals surface area contributed by atoms with Crippen LogP contribution in [0.25, 0.3) is 10.9 Å². The zero-order valence-corrected chi connectivity index (χ0v) is 15.0. The van der Waals surface area contributed by atoms with Gasteiger partial charge in [-0.1, -0.05) is 30.3 Å². The number of benzene rings is 2. The predicted octanol–water partition coefficient (Wildman–Crippen LogP) is 5.56. The molecule has 1 unspecified atom stereocenters. The van der Waals surface area contributed by atoms with E-state index >= 15 is 0 Å². The average Bonchev–Trinajstić information content (AvgIpc) is 2.68. The number of hydrogen-bond acceptors (Lipinski definition) is 3. The number of nitrogens with zero attached hydrogens (tertiary/aromatic N) is 2. The lowest BCUT2D eigenvalue weighted by molar-refractivity contribution is 0.572. The largest absolute Gasteiger partial charge is 0.357 e. The van der Waals surface area contributed by atoms with Crippen molar-refractivity contribution in [2.45, 2.75) is 13.0 Å². The first-order valence-corrected chi connectivity index (χ1v) is 8.70. The van der Waals surface area contributed by atoms with E-state index in [0.29, 0.717) is 16.7 Å². The van der Waals surface area contributed by atoms with Gasteiger partial charge in [-0.15, -0.1) is 0 Å². The summed E-state index contributed by atoms with van der Waals surface area (Å²) in [6, 6.07) is 14.0. The molecule has 0 saturated heterocycles. The summed E-state index contributed by atoms with van der Waals surface area (Å²) >= 11 is 0. The van der Waals surface area contributed by atoms with Gasteiger partial charge < -0.3 is 5.32 Å². The van der Waals surface area contributed by atoms with E-state index in [1.54, 1.807) is 25.3 Å². The molecule has 28 heavy (non-hydrogen) atoms. The summed E-state index contributed by atoms with van der Waals surface area (Å²) < 4.78 is 42.2. The van der Waals surface area contributed by atoms with Crippen molar-refractivity contribution in [3.8, 4) is 0 Å². The molecular weight excluding hydrogens is 363 g/mol. The van der Waals surface area contributed by atoms with Crippen molar-refractivity contribution in [2.24, 2.45) is 0 Å². The molecule has 0 saturated carbocycles. The van der Waals surface area contributed by atoms with Crippen molar-refractivity contribution < 1.29 is 13.2 Å². The summed E-state index contributed by atoms with van der Waals surface area (Å²) in [6.07, 6.45) is 2.59. The Morgan fingerprint density at radius 1 is 0.893 bits per heavy atom. The van der Waals surface area contributed by atoms with Gasteiger partial charge in [0, 0.05) is 23.2 Å². The Kier molecular flexibility index (Phi) is 4.69. The second-order valence-electron chi connectivity index (χ2n) is 6.49. The molecule has 0 aliphatic rings. The first-order chi connectivity index (χ1) is 13.5. The quantitative estimate of drug-likeness (QED) is 0.505. The van der Waals surface area contributed by atoms with Crippen molar-refractivity contribution in [1.29, 1.82) is 0 Å². The molecule has 6 heteroatoms. The van der Waals surface area contributed by atoms with Crippen LogP contribution in [-0.4, -0.2) is 9.97 Å². The first kappa shape index (κ1) is 18.0. The minimum atomic E-state index is -0.849. The topological polar surface area (TPSA) is 37.8 Å². The summed E-state index contributed by atoms with van der Waals surface area (Å²) in [5.74, 6) is -2.22. The Balaban J connectivity index is 1.87. The van der Waals surface area contributed by atoms with Crippen LogP contribution in [0.15, 0.2) is 67.0 Å². The zero-order chi connectivity index (χ0) is 19.7. The van der Waals surface area contributed by atoms with E-state index < -0.39 is 23.5 Å². The lowest BCUT2D eigenvalue weighted by Gasteiger charge is -2.23. The molecule has 140 valence electrons. The van der Waals surface area contributed by atoms with Gasteiger partial charge in [0.15, 0.2) is 11.6 Å². The van der Waals surface area contributed by atoms with Crippen LogP contribution in [0.2, 0.25) is 0 Å². The number of fused-ring (bicyclic) bond motifs is 1. The third kappa shape index (κ3) is 3.41. The fourth-order valence-electron chi connectivity index (χ4n) is 3.25. The van der Waals surface area contributed by atoms with E-state index in [0.717, 1.165) is 23.2 Å². The maximum Gasteiger partial charge on any atom is 0.168 e. The molecule has 0 radical (unpaired) electrons. The SMILES string of the molecule is Cc1cccc(F)c1C(Nc1ncc(F)cc1F)c1ccc2cccnc2c1. The molecule has 0 amide bonds. The van der Waals surface area contributed by atoms with Crippen LogP contribution in [0.3, 0.4) is 0 Å². The van der Waals surface area contributed by atoms with Gasteiger partial charge in [0.2, 0.25) is 0 Å². The summed E-state index contributed by atoms with van der Waals surface area (Å²) in [7, 11) is 0. The summed E-state index contributed by atoms with van der Waals surface area (Å²) in [5, 5.41) is 3.86. The molecule has 1 N–H and O–H groups in total. The predicted molar refractivity (Wildman–Crippen MR) is 102 cm³/mol. The molecule has 2 aromatic carbocycles. The highest BCUT2D eigenvalue weighted by Crippen LogP contribution is 2.32. The van der Waals surface area contributed by atoms with Crippen LogP contribution >= 0.6 is 0 Å². The Labute approximate surface area is 159 Å². The molecule has 0 aliphatic carbocycles. The average molecular weight is 379 g/mol. The number of anilines is 1. The molecule has 0 spiro atoms. The van der Waals surface area contributed by atoms with Gasteiger partial charge in [-0.05, 0) is 36.2 Å². The lowest BCUT2D eigenvalue weighted by atomic mass is 9.93. The van der Waals surface area contributed by atoms with Crippen LogP contribution in [-0.2, 0) is 0 Å². The summed E-state index contributed by atoms with van der Waals surface area (Å²) in [4.78, 5) is 8.13. The standard InChI is InChI=1S/C22H16F3N3/c1-13-4-2-6-17(24)20(13)21(28-22-18(25)11-16(23)12-27-22)15-8-7-14-5-3-9-26-19(14)10-15/h2-12,21H,1H3,(H,27,28). The molecule has 4 rings (SSSR count). The zero-order valence-electron chi connectivity index (χ0n) is 15.0. The highest BCUT2D eigenvalue weighted by molar-refractivity contribution is 5.79. The van der Waals surface area contributed by atoms with Gasteiger partial charge in [-0.25, -0.2) is 18.2 Å². The number of aryl methyl sites for hydroxylation is 1. The van der Waals surface area contributed by atoms with E-state index in [2.05, 4.69) is 15.3 Å². The van der Waals surface area contributed by atoms with Crippen LogP contribution in [0.4, 0.5) is 19.0 Å². The van der Waals surface area contributed by atoms with Gasteiger partial charge >= 0.3 is 0 Å². The van der Waals surface area contributed by atoms with Crippen molar-refractivity contribution in [2.75, 3.05) is 5.32 Å². The van der Waals surface area contributed by atoms with E-state index in [4.69, 9.17) is 0 Å². The van der Waals surface area contributed by atoms with E-state index in [-0.39, 0.29) is 5.82 Å².